The van der Waals surface area contributed by atoms with Gasteiger partial charge in [0, 0.05) is 30.8 Å². The maximum atomic E-state index is 13.4. The molecule has 0 aromatic carbocycles. The number of nitrogens with zero attached hydrogens (tertiary/aromatic N) is 2. The van der Waals surface area contributed by atoms with Crippen molar-refractivity contribution in [1.82, 2.24) is 9.55 Å². The molecule has 0 spiro atoms. The number of halogens is 1. The van der Waals surface area contributed by atoms with Gasteiger partial charge < -0.3 is 4.57 Å². The molecule has 1 aliphatic rings. The van der Waals surface area contributed by atoms with E-state index in [9.17, 15) is 4.39 Å². The zero-order valence-electron chi connectivity index (χ0n) is 10.7. The second kappa shape index (κ2) is 5.03. The number of hydrogen-bond donors (Lipinski definition) is 0. The largest absolute Gasteiger partial charge is 0.331 e. The fraction of sp³-hybridized carbons (Fsp3) is 0.643. The number of allylic oxidation sites excluding steroid dienone is 1. The van der Waals surface area contributed by atoms with Crippen LogP contribution in [0.4, 0.5) is 4.39 Å². The SMILES string of the molecule is C=C(C(C)F)C1CCCc2ncc(CC)n2C1. The van der Waals surface area contributed by atoms with Gasteiger partial charge in [-0.25, -0.2) is 9.37 Å². The third-order valence-corrected chi connectivity index (χ3v) is 3.77. The Balaban J connectivity index is 2.23. The third-order valence-electron chi connectivity index (χ3n) is 3.77. The lowest BCUT2D eigenvalue weighted by molar-refractivity contribution is 0.352. The normalized spacial score (nSPS) is 21.7. The third kappa shape index (κ3) is 2.43. The molecule has 2 rings (SSSR count). The highest BCUT2D eigenvalue weighted by Gasteiger charge is 2.23. The number of imidazole rings is 1. The standard InChI is InChI=1S/C14H21FN2/c1-4-13-8-16-14-7-5-6-12(9-17(13)14)10(2)11(3)15/h8,11-12H,2,4-7,9H2,1,3H3. The van der Waals surface area contributed by atoms with Crippen molar-refractivity contribution in [2.24, 2.45) is 5.92 Å². The summed E-state index contributed by atoms with van der Waals surface area (Å²) in [5.41, 5.74) is 2.00. The van der Waals surface area contributed by atoms with Crippen LogP contribution in [0.25, 0.3) is 0 Å². The van der Waals surface area contributed by atoms with Gasteiger partial charge in [0.15, 0.2) is 0 Å². The molecule has 1 aliphatic heterocycles. The zero-order valence-corrected chi connectivity index (χ0v) is 10.7. The second-order valence-corrected chi connectivity index (χ2v) is 4.91. The lowest BCUT2D eigenvalue weighted by atomic mass is 9.92. The Morgan fingerprint density at radius 1 is 1.71 bits per heavy atom. The minimum Gasteiger partial charge on any atom is -0.331 e. The van der Waals surface area contributed by atoms with Crippen molar-refractivity contribution in [3.05, 3.63) is 29.9 Å². The van der Waals surface area contributed by atoms with E-state index in [-0.39, 0.29) is 5.92 Å². The fourth-order valence-corrected chi connectivity index (χ4v) is 2.60. The highest BCUT2D eigenvalue weighted by atomic mass is 19.1. The van der Waals surface area contributed by atoms with Crippen LogP contribution >= 0.6 is 0 Å². The first-order valence-corrected chi connectivity index (χ1v) is 6.49. The quantitative estimate of drug-likeness (QED) is 0.736. The van der Waals surface area contributed by atoms with Gasteiger partial charge in [0.25, 0.3) is 0 Å². The topological polar surface area (TPSA) is 17.8 Å². The van der Waals surface area contributed by atoms with Crippen molar-refractivity contribution in [3.8, 4) is 0 Å². The van der Waals surface area contributed by atoms with Gasteiger partial charge in [-0.05, 0) is 31.8 Å². The first kappa shape index (κ1) is 12.3. The monoisotopic (exact) mass is 236 g/mol. The fourth-order valence-electron chi connectivity index (χ4n) is 2.60. The molecule has 0 N–H and O–H groups in total. The van der Waals surface area contributed by atoms with Crippen molar-refractivity contribution in [2.75, 3.05) is 0 Å². The second-order valence-electron chi connectivity index (χ2n) is 4.91. The molecule has 0 saturated heterocycles. The molecule has 2 nitrogen and oxygen atoms in total. The lowest BCUT2D eigenvalue weighted by Gasteiger charge is -2.20. The van der Waals surface area contributed by atoms with Crippen molar-refractivity contribution in [3.63, 3.8) is 0 Å². The van der Waals surface area contributed by atoms with E-state index >= 15 is 0 Å². The molecule has 94 valence electrons. The van der Waals surface area contributed by atoms with E-state index in [0.717, 1.165) is 43.6 Å². The summed E-state index contributed by atoms with van der Waals surface area (Å²) in [6, 6.07) is 0. The van der Waals surface area contributed by atoms with Crippen LogP contribution in [0.2, 0.25) is 0 Å². The van der Waals surface area contributed by atoms with Crippen LogP contribution in [-0.4, -0.2) is 15.7 Å². The molecule has 0 bridgehead atoms. The number of aromatic nitrogens is 2. The summed E-state index contributed by atoms with van der Waals surface area (Å²) in [5, 5.41) is 0. The number of hydrogen-bond acceptors (Lipinski definition) is 1. The van der Waals surface area contributed by atoms with E-state index in [4.69, 9.17) is 0 Å². The van der Waals surface area contributed by atoms with Gasteiger partial charge in [0.2, 0.25) is 0 Å². The van der Waals surface area contributed by atoms with Crippen LogP contribution in [0, 0.1) is 5.92 Å². The van der Waals surface area contributed by atoms with Crippen LogP contribution in [0.1, 0.15) is 38.2 Å². The first-order valence-electron chi connectivity index (χ1n) is 6.49. The number of aryl methyl sites for hydroxylation is 2. The van der Waals surface area contributed by atoms with Crippen LogP contribution < -0.4 is 0 Å². The van der Waals surface area contributed by atoms with E-state index in [0.29, 0.717) is 0 Å². The molecular weight excluding hydrogens is 215 g/mol. The summed E-state index contributed by atoms with van der Waals surface area (Å²) >= 11 is 0. The van der Waals surface area contributed by atoms with Gasteiger partial charge in [0.05, 0.1) is 0 Å². The molecule has 17 heavy (non-hydrogen) atoms. The molecule has 0 saturated carbocycles. The maximum Gasteiger partial charge on any atom is 0.118 e. The Kier molecular flexibility index (Phi) is 3.65. The Labute approximate surface area is 103 Å². The minimum atomic E-state index is -0.907. The molecule has 0 amide bonds. The van der Waals surface area contributed by atoms with Gasteiger partial charge in [-0.1, -0.05) is 13.5 Å². The molecule has 3 heteroatoms. The molecule has 0 radical (unpaired) electrons. The summed E-state index contributed by atoms with van der Waals surface area (Å²) in [4.78, 5) is 4.47. The predicted molar refractivity (Wildman–Crippen MR) is 67.7 cm³/mol. The van der Waals surface area contributed by atoms with E-state index in [2.05, 4.69) is 23.1 Å². The number of fused-ring (bicyclic) bond motifs is 1. The molecule has 0 fully saturated rings. The highest BCUT2D eigenvalue weighted by molar-refractivity contribution is 5.12. The van der Waals surface area contributed by atoms with Crippen molar-refractivity contribution in [1.29, 1.82) is 0 Å². The van der Waals surface area contributed by atoms with Gasteiger partial charge >= 0.3 is 0 Å². The Hall–Kier alpha value is -1.12. The Morgan fingerprint density at radius 3 is 3.12 bits per heavy atom. The van der Waals surface area contributed by atoms with E-state index < -0.39 is 6.17 Å². The van der Waals surface area contributed by atoms with E-state index in [1.165, 1.54) is 5.69 Å². The average Bonchev–Trinajstić information content (AvgIpc) is 2.57. The van der Waals surface area contributed by atoms with Crippen molar-refractivity contribution in [2.45, 2.75) is 52.2 Å². The summed E-state index contributed by atoms with van der Waals surface area (Å²) in [5.74, 6) is 1.42. The first-order chi connectivity index (χ1) is 8.13. The molecule has 1 aromatic rings. The van der Waals surface area contributed by atoms with Crippen molar-refractivity contribution >= 4 is 0 Å². The molecular formula is C14H21FN2. The highest BCUT2D eigenvalue weighted by Crippen LogP contribution is 2.28. The van der Waals surface area contributed by atoms with Gasteiger partial charge in [-0.2, -0.15) is 0 Å². The maximum absolute atomic E-state index is 13.4. The lowest BCUT2D eigenvalue weighted by Crippen LogP contribution is -2.17. The Bertz CT molecular complexity index is 406. The summed E-state index contributed by atoms with van der Waals surface area (Å²) in [7, 11) is 0. The molecule has 0 aliphatic carbocycles. The molecule has 1 aromatic heterocycles. The molecule has 2 unspecified atom stereocenters. The summed E-state index contributed by atoms with van der Waals surface area (Å²) in [6.45, 7) is 8.50. The molecule has 2 atom stereocenters. The minimum absolute atomic E-state index is 0.260. The van der Waals surface area contributed by atoms with Crippen LogP contribution in [0.15, 0.2) is 18.3 Å². The summed E-state index contributed by atoms with van der Waals surface area (Å²) in [6.07, 6.45) is 5.15. The van der Waals surface area contributed by atoms with Gasteiger partial charge in [0.1, 0.15) is 12.0 Å². The van der Waals surface area contributed by atoms with Crippen molar-refractivity contribution < 1.29 is 4.39 Å². The number of rotatable bonds is 3. The van der Waals surface area contributed by atoms with Gasteiger partial charge in [-0.3, -0.25) is 0 Å². The van der Waals surface area contributed by atoms with E-state index in [1.807, 2.05) is 6.20 Å². The predicted octanol–water partition coefficient (Wildman–Crippen LogP) is 3.31. The molecule has 2 heterocycles. The summed E-state index contributed by atoms with van der Waals surface area (Å²) < 4.78 is 15.6. The average molecular weight is 236 g/mol. The van der Waals surface area contributed by atoms with Crippen LogP contribution in [0.5, 0.6) is 0 Å². The number of alkyl halides is 1. The van der Waals surface area contributed by atoms with Crippen LogP contribution in [-0.2, 0) is 19.4 Å². The smallest absolute Gasteiger partial charge is 0.118 e. The Morgan fingerprint density at radius 2 is 2.47 bits per heavy atom. The zero-order chi connectivity index (χ0) is 12.4. The van der Waals surface area contributed by atoms with Gasteiger partial charge in [-0.15, -0.1) is 0 Å². The van der Waals surface area contributed by atoms with E-state index in [1.54, 1.807) is 6.92 Å². The van der Waals surface area contributed by atoms with Crippen LogP contribution in [0.3, 0.4) is 0 Å².